The minimum atomic E-state index is -0.152. The Morgan fingerprint density at radius 1 is 0.977 bits per heavy atom. The van der Waals surface area contributed by atoms with Crippen LogP contribution in [-0.2, 0) is 10.2 Å². The van der Waals surface area contributed by atoms with Crippen molar-refractivity contribution in [2.45, 2.75) is 33.1 Å². The molecule has 1 aromatic heterocycles. The molecule has 1 saturated heterocycles. The van der Waals surface area contributed by atoms with Gasteiger partial charge >= 0.3 is 5.84 Å². The largest absolute Gasteiger partial charge is 0.378 e. The molecule has 10 nitrogen and oxygen atoms in total. The predicted octanol–water partition coefficient (Wildman–Crippen LogP) is 5.17. The van der Waals surface area contributed by atoms with Gasteiger partial charge in [-0.05, 0) is 59.9 Å². The number of anilines is 3. The van der Waals surface area contributed by atoms with E-state index in [-0.39, 0.29) is 17.2 Å². The summed E-state index contributed by atoms with van der Waals surface area (Å²) in [7, 11) is 0. The van der Waals surface area contributed by atoms with Crippen molar-refractivity contribution >= 4 is 34.8 Å². The van der Waals surface area contributed by atoms with E-state index >= 15 is 0 Å². The van der Waals surface area contributed by atoms with Gasteiger partial charge in [-0.1, -0.05) is 43.9 Å². The molecule has 10 heteroatoms. The number of morpholine rings is 1. The topological polar surface area (TPSA) is 105 Å². The lowest BCUT2D eigenvalue weighted by atomic mass is 9.86. The van der Waals surface area contributed by atoms with E-state index in [4.69, 9.17) is 4.74 Å². The summed E-state index contributed by atoms with van der Waals surface area (Å²) in [4.78, 5) is 41.0. The summed E-state index contributed by atoms with van der Waals surface area (Å²) in [6.45, 7) is 11.3. The van der Waals surface area contributed by atoms with Crippen LogP contribution in [-0.4, -0.2) is 60.5 Å². The molecule has 0 spiro atoms. The number of aromatic nitrogens is 1. The lowest BCUT2D eigenvalue weighted by Crippen LogP contribution is -2.46. The molecule has 2 N–H and O–H groups in total. The second kappa shape index (κ2) is 12.1. The molecular weight excluding hydrogens is 554 g/mol. The number of hydrogen-bond acceptors (Lipinski definition) is 8. The summed E-state index contributed by atoms with van der Waals surface area (Å²) < 4.78 is 5.36. The fraction of sp³-hybridized carbons (Fsp3) is 0.294. The van der Waals surface area contributed by atoms with E-state index in [0.717, 1.165) is 28.5 Å². The Balaban J connectivity index is 1.20. The normalized spacial score (nSPS) is 16.7. The first-order valence-electron chi connectivity index (χ1n) is 14.8. The number of ether oxygens (including phenoxy) is 1. The zero-order valence-corrected chi connectivity index (χ0v) is 25.5. The van der Waals surface area contributed by atoms with Gasteiger partial charge in [-0.15, -0.1) is 0 Å². The highest BCUT2D eigenvalue weighted by Gasteiger charge is 2.37. The molecule has 6 rings (SSSR count). The predicted molar refractivity (Wildman–Crippen MR) is 173 cm³/mol. The van der Waals surface area contributed by atoms with Crippen LogP contribution in [0.25, 0.3) is 0 Å². The standard InChI is InChI=1S/C34H37N7O3/c1-23-27(38-32(42)24-8-11-26(12-9-24)34(2,3)4)6-5-7-29(23)41-21-28(31-35-14-15-40(31)22-41)37-30-13-10-25(20-36-30)33(43)39-16-18-44-19-17-39/h5-15,20-21H,16-19,22H2,1-4H3,(H,36,37)(H,38,42)/q+1. The molecule has 0 aliphatic carbocycles. The molecule has 2 amide bonds. The summed E-state index contributed by atoms with van der Waals surface area (Å²) in [5.41, 5.74) is 5.74. The highest BCUT2D eigenvalue weighted by atomic mass is 16.5. The molecule has 3 aliphatic heterocycles. The van der Waals surface area contributed by atoms with E-state index in [1.165, 1.54) is 5.56 Å². The minimum absolute atomic E-state index is 0.0201. The van der Waals surface area contributed by atoms with Crippen LogP contribution in [0.2, 0.25) is 0 Å². The molecule has 2 aromatic carbocycles. The van der Waals surface area contributed by atoms with Crippen molar-refractivity contribution in [2.75, 3.05) is 48.5 Å². The van der Waals surface area contributed by atoms with E-state index in [2.05, 4.69) is 46.3 Å². The van der Waals surface area contributed by atoms with Crippen molar-refractivity contribution < 1.29 is 14.3 Å². The average Bonchev–Trinajstić information content (AvgIpc) is 3.51. The summed E-state index contributed by atoms with van der Waals surface area (Å²) >= 11 is 0. The molecular formula is C34H37N7O3+. The van der Waals surface area contributed by atoms with E-state index in [0.29, 0.717) is 49.9 Å². The van der Waals surface area contributed by atoms with Crippen LogP contribution in [0.4, 0.5) is 17.2 Å². The van der Waals surface area contributed by atoms with Gasteiger partial charge in [-0.3, -0.25) is 14.5 Å². The number of rotatable bonds is 6. The molecule has 3 aliphatic rings. The van der Waals surface area contributed by atoms with Crippen LogP contribution in [0.15, 0.2) is 90.1 Å². The molecule has 3 aromatic rings. The number of benzene rings is 2. The molecule has 1 radical (unpaired) electrons. The van der Waals surface area contributed by atoms with Crippen molar-refractivity contribution in [1.29, 1.82) is 0 Å². The summed E-state index contributed by atoms with van der Waals surface area (Å²) in [6.07, 6.45) is 7.29. The van der Waals surface area contributed by atoms with Gasteiger partial charge in [0, 0.05) is 36.7 Å². The smallest absolute Gasteiger partial charge is 0.308 e. The van der Waals surface area contributed by atoms with Crippen LogP contribution in [0.1, 0.15) is 52.6 Å². The fourth-order valence-electron chi connectivity index (χ4n) is 5.39. The molecule has 0 atom stereocenters. The first-order chi connectivity index (χ1) is 21.2. The van der Waals surface area contributed by atoms with Crippen LogP contribution in [0, 0.1) is 6.92 Å². The summed E-state index contributed by atoms with van der Waals surface area (Å²) in [6, 6.07) is 17.3. The van der Waals surface area contributed by atoms with Gasteiger partial charge in [-0.2, -0.15) is 4.99 Å². The number of hydrogen-bond donors (Lipinski definition) is 2. The second-order valence-electron chi connectivity index (χ2n) is 12.1. The van der Waals surface area contributed by atoms with Crippen LogP contribution < -0.4 is 20.4 Å². The SMILES string of the molecule is Cc1c(NC(=O)c2ccc(C(C)(C)C)cc2)cccc1N1C=C(Nc2ccc(C(=O)N3CCOCC3)cn2)C2=NC=C[N+]2C1. The molecule has 0 saturated carbocycles. The molecule has 1 fully saturated rings. The number of nitrogens with zero attached hydrogens (tertiary/aromatic N) is 5. The van der Waals surface area contributed by atoms with Crippen molar-refractivity contribution in [3.8, 4) is 0 Å². The number of carbonyl (C=O) groups excluding carboxylic acids is 2. The Morgan fingerprint density at radius 3 is 2.43 bits per heavy atom. The van der Waals surface area contributed by atoms with Crippen LogP contribution in [0.5, 0.6) is 0 Å². The number of amidine groups is 1. The number of carbonyl (C=O) groups is 2. The van der Waals surface area contributed by atoms with Gasteiger partial charge in [0.1, 0.15) is 11.5 Å². The summed E-state index contributed by atoms with van der Waals surface area (Å²) in [5.74, 6) is 1.18. The first-order valence-corrected chi connectivity index (χ1v) is 14.8. The Labute approximate surface area is 257 Å². The molecule has 0 bridgehead atoms. The lowest BCUT2D eigenvalue weighted by Gasteiger charge is -2.28. The van der Waals surface area contributed by atoms with Crippen LogP contribution >= 0.6 is 0 Å². The Hall–Kier alpha value is -4.80. The average molecular weight is 592 g/mol. The second-order valence-corrected chi connectivity index (χ2v) is 12.1. The number of nitrogens with one attached hydrogen (secondary N) is 2. The first kappa shape index (κ1) is 29.3. The van der Waals surface area contributed by atoms with Crippen molar-refractivity contribution in [3.05, 3.63) is 107 Å². The number of pyridine rings is 1. The molecule has 225 valence electrons. The van der Waals surface area contributed by atoms with E-state index < -0.39 is 0 Å². The fourth-order valence-corrected chi connectivity index (χ4v) is 5.39. The van der Waals surface area contributed by atoms with Gasteiger partial charge in [0.25, 0.3) is 11.8 Å². The molecule has 44 heavy (non-hydrogen) atoms. The number of fused-ring (bicyclic) bond motifs is 1. The molecule has 4 heterocycles. The van der Waals surface area contributed by atoms with E-state index in [1.807, 2.05) is 66.7 Å². The zero-order chi connectivity index (χ0) is 30.8. The Morgan fingerprint density at radius 2 is 1.73 bits per heavy atom. The van der Waals surface area contributed by atoms with Gasteiger partial charge < -0.3 is 20.3 Å². The maximum absolute atomic E-state index is 13.2. The number of amides is 2. The number of aliphatic imine (C=N–C) groups is 1. The lowest BCUT2D eigenvalue weighted by molar-refractivity contribution is 0.0302. The highest BCUT2D eigenvalue weighted by molar-refractivity contribution is 6.07. The van der Waals surface area contributed by atoms with Crippen molar-refractivity contribution in [1.82, 2.24) is 14.8 Å². The third-order valence-corrected chi connectivity index (χ3v) is 7.99. The maximum atomic E-state index is 13.2. The van der Waals surface area contributed by atoms with Gasteiger partial charge in [0.2, 0.25) is 6.67 Å². The van der Waals surface area contributed by atoms with Crippen molar-refractivity contribution in [2.24, 2.45) is 4.99 Å². The van der Waals surface area contributed by atoms with Crippen molar-refractivity contribution in [3.63, 3.8) is 0 Å². The maximum Gasteiger partial charge on any atom is 0.308 e. The van der Waals surface area contributed by atoms with Gasteiger partial charge in [0.05, 0.1) is 30.7 Å². The third-order valence-electron chi connectivity index (χ3n) is 7.99. The van der Waals surface area contributed by atoms with E-state index in [9.17, 15) is 9.59 Å². The zero-order valence-electron chi connectivity index (χ0n) is 25.5. The molecule has 0 unspecified atom stereocenters. The van der Waals surface area contributed by atoms with Gasteiger partial charge in [-0.25, -0.2) is 4.98 Å². The van der Waals surface area contributed by atoms with E-state index in [1.54, 1.807) is 29.4 Å². The van der Waals surface area contributed by atoms with Crippen LogP contribution in [0.3, 0.4) is 0 Å². The van der Waals surface area contributed by atoms with Gasteiger partial charge in [0.15, 0.2) is 6.20 Å². The Kier molecular flexibility index (Phi) is 8.03. The minimum Gasteiger partial charge on any atom is -0.378 e. The monoisotopic (exact) mass is 591 g/mol. The third kappa shape index (κ3) is 6.13. The Bertz CT molecular complexity index is 1650. The summed E-state index contributed by atoms with van der Waals surface area (Å²) in [5, 5.41) is 6.48. The quantitative estimate of drug-likeness (QED) is 0.384. The highest BCUT2D eigenvalue weighted by Crippen LogP contribution is 2.31.